The van der Waals surface area contributed by atoms with Crippen molar-refractivity contribution in [3.05, 3.63) is 21.9 Å². The van der Waals surface area contributed by atoms with Gasteiger partial charge in [0.1, 0.15) is 0 Å². The third-order valence-corrected chi connectivity index (χ3v) is 4.66. The van der Waals surface area contributed by atoms with Crippen LogP contribution in [0.15, 0.2) is 12.1 Å². The van der Waals surface area contributed by atoms with E-state index in [-0.39, 0.29) is 0 Å². The molecule has 1 aromatic rings. The number of nitrogens with one attached hydrogen (secondary N) is 1. The van der Waals surface area contributed by atoms with Gasteiger partial charge in [0.05, 0.1) is 0 Å². The third kappa shape index (κ3) is 4.08. The Labute approximate surface area is 115 Å². The number of piperidine rings is 1. The zero-order valence-corrected chi connectivity index (χ0v) is 12.7. The highest BCUT2D eigenvalue weighted by Gasteiger charge is 2.21. The molecule has 2 rings (SSSR count). The number of nitrogens with zero attached hydrogens (tertiary/aromatic N) is 1. The zero-order chi connectivity index (χ0) is 13.0. The molecule has 0 saturated carbocycles. The fourth-order valence-corrected chi connectivity index (χ4v) is 4.02. The summed E-state index contributed by atoms with van der Waals surface area (Å²) in [6.07, 6.45) is 1.40. The van der Waals surface area contributed by atoms with Gasteiger partial charge in [0.25, 0.3) is 0 Å². The Kier molecular flexibility index (Phi) is 5.22. The second-order valence-corrected chi connectivity index (χ2v) is 7.04. The van der Waals surface area contributed by atoms with Gasteiger partial charge in [-0.1, -0.05) is 20.8 Å². The molecule has 102 valence electrons. The molecule has 1 aliphatic heterocycles. The van der Waals surface area contributed by atoms with Crippen LogP contribution in [0.2, 0.25) is 0 Å². The smallest absolute Gasteiger partial charge is 0.0328 e. The molecule has 1 saturated heterocycles. The minimum absolute atomic E-state index is 0.856. The maximum absolute atomic E-state index is 3.39. The first kappa shape index (κ1) is 14.0. The predicted molar refractivity (Wildman–Crippen MR) is 79.9 cm³/mol. The van der Waals surface area contributed by atoms with Gasteiger partial charge < -0.3 is 5.32 Å². The van der Waals surface area contributed by atoms with Gasteiger partial charge >= 0.3 is 0 Å². The van der Waals surface area contributed by atoms with Crippen LogP contribution in [-0.2, 0) is 13.1 Å². The van der Waals surface area contributed by atoms with Crippen molar-refractivity contribution in [2.24, 2.45) is 11.8 Å². The summed E-state index contributed by atoms with van der Waals surface area (Å²) < 4.78 is 0. The van der Waals surface area contributed by atoms with E-state index in [4.69, 9.17) is 0 Å². The monoisotopic (exact) mass is 266 g/mol. The second kappa shape index (κ2) is 6.69. The average Bonchev–Trinajstić information content (AvgIpc) is 2.72. The van der Waals surface area contributed by atoms with Gasteiger partial charge in [-0.05, 0) is 36.9 Å². The van der Waals surface area contributed by atoms with E-state index in [2.05, 4.69) is 43.1 Å². The second-order valence-electron chi connectivity index (χ2n) is 5.79. The molecule has 0 radical (unpaired) electrons. The maximum Gasteiger partial charge on any atom is 0.0328 e. The molecule has 2 nitrogen and oxygen atoms in total. The Hall–Kier alpha value is -0.380. The fourth-order valence-electron chi connectivity index (χ4n) is 2.99. The van der Waals surface area contributed by atoms with E-state index in [9.17, 15) is 0 Å². The Morgan fingerprint density at radius 1 is 1.22 bits per heavy atom. The summed E-state index contributed by atoms with van der Waals surface area (Å²) >= 11 is 1.96. The van der Waals surface area contributed by atoms with Crippen molar-refractivity contribution in [3.8, 4) is 0 Å². The van der Waals surface area contributed by atoms with Crippen LogP contribution in [-0.4, -0.2) is 24.5 Å². The lowest BCUT2D eigenvalue weighted by molar-refractivity contribution is 0.135. The molecule has 0 amide bonds. The Morgan fingerprint density at radius 3 is 2.56 bits per heavy atom. The molecule has 1 aliphatic rings. The predicted octanol–water partition coefficient (Wildman–Crippen LogP) is 3.34. The van der Waals surface area contributed by atoms with Gasteiger partial charge in [-0.3, -0.25) is 4.90 Å². The SMILES string of the molecule is CCNCc1ccc(CN2CC(C)CC(C)C2)s1. The number of likely N-dealkylation sites (tertiary alicyclic amines) is 1. The average molecular weight is 266 g/mol. The number of thiophene rings is 1. The van der Waals surface area contributed by atoms with Crippen molar-refractivity contribution in [2.75, 3.05) is 19.6 Å². The van der Waals surface area contributed by atoms with Crippen LogP contribution in [0.25, 0.3) is 0 Å². The van der Waals surface area contributed by atoms with E-state index in [1.807, 2.05) is 11.3 Å². The molecule has 0 bridgehead atoms. The van der Waals surface area contributed by atoms with Crippen LogP contribution >= 0.6 is 11.3 Å². The Morgan fingerprint density at radius 2 is 1.89 bits per heavy atom. The highest BCUT2D eigenvalue weighted by atomic mass is 32.1. The molecule has 2 atom stereocenters. The summed E-state index contributed by atoms with van der Waals surface area (Å²) in [4.78, 5) is 5.61. The number of hydrogen-bond donors (Lipinski definition) is 1. The molecule has 1 fully saturated rings. The summed E-state index contributed by atoms with van der Waals surface area (Å²) in [5.41, 5.74) is 0. The summed E-state index contributed by atoms with van der Waals surface area (Å²) in [6, 6.07) is 4.58. The first-order valence-electron chi connectivity index (χ1n) is 7.18. The summed E-state index contributed by atoms with van der Waals surface area (Å²) in [5.74, 6) is 1.71. The number of hydrogen-bond acceptors (Lipinski definition) is 3. The van der Waals surface area contributed by atoms with Crippen molar-refractivity contribution in [1.29, 1.82) is 0 Å². The van der Waals surface area contributed by atoms with Gasteiger partial charge in [-0.15, -0.1) is 11.3 Å². The van der Waals surface area contributed by atoms with Gasteiger partial charge in [-0.25, -0.2) is 0 Å². The van der Waals surface area contributed by atoms with Crippen molar-refractivity contribution in [1.82, 2.24) is 10.2 Å². The van der Waals surface area contributed by atoms with Crippen molar-refractivity contribution >= 4 is 11.3 Å². The molecular weight excluding hydrogens is 240 g/mol. The van der Waals surface area contributed by atoms with Crippen molar-refractivity contribution in [2.45, 2.75) is 40.3 Å². The number of rotatable bonds is 5. The van der Waals surface area contributed by atoms with E-state index >= 15 is 0 Å². The van der Waals surface area contributed by atoms with Crippen LogP contribution in [0.3, 0.4) is 0 Å². The van der Waals surface area contributed by atoms with Crippen LogP contribution in [0.1, 0.15) is 36.9 Å². The standard InChI is InChI=1S/C15H26N2S/c1-4-16-8-14-5-6-15(18-14)11-17-9-12(2)7-13(3)10-17/h5-6,12-13,16H,4,7-11H2,1-3H3. The minimum Gasteiger partial charge on any atom is -0.312 e. The highest BCUT2D eigenvalue weighted by Crippen LogP contribution is 2.24. The summed E-state index contributed by atoms with van der Waals surface area (Å²) in [7, 11) is 0. The first-order chi connectivity index (χ1) is 8.67. The van der Waals surface area contributed by atoms with Crippen LogP contribution in [0, 0.1) is 11.8 Å². The van der Waals surface area contributed by atoms with Crippen LogP contribution < -0.4 is 5.32 Å². The molecule has 1 N–H and O–H groups in total. The molecule has 0 spiro atoms. The van der Waals surface area contributed by atoms with Crippen molar-refractivity contribution in [3.63, 3.8) is 0 Å². The molecule has 18 heavy (non-hydrogen) atoms. The minimum atomic E-state index is 0.856. The van der Waals surface area contributed by atoms with Crippen LogP contribution in [0.4, 0.5) is 0 Å². The molecule has 0 aromatic carbocycles. The van der Waals surface area contributed by atoms with Crippen LogP contribution in [0.5, 0.6) is 0 Å². The molecule has 2 heterocycles. The van der Waals surface area contributed by atoms with E-state index in [0.29, 0.717) is 0 Å². The fraction of sp³-hybridized carbons (Fsp3) is 0.733. The maximum atomic E-state index is 3.39. The van der Waals surface area contributed by atoms with Gasteiger partial charge in [-0.2, -0.15) is 0 Å². The lowest BCUT2D eigenvalue weighted by atomic mass is 9.92. The first-order valence-corrected chi connectivity index (χ1v) is 7.99. The Bertz CT molecular complexity index is 351. The molecular formula is C15H26N2S. The molecule has 3 heteroatoms. The molecule has 2 unspecified atom stereocenters. The van der Waals surface area contributed by atoms with E-state index in [0.717, 1.165) is 31.5 Å². The normalized spacial score (nSPS) is 25.5. The van der Waals surface area contributed by atoms with E-state index in [1.54, 1.807) is 0 Å². The largest absolute Gasteiger partial charge is 0.312 e. The highest BCUT2D eigenvalue weighted by molar-refractivity contribution is 7.11. The lowest BCUT2D eigenvalue weighted by Gasteiger charge is -2.34. The van der Waals surface area contributed by atoms with E-state index < -0.39 is 0 Å². The van der Waals surface area contributed by atoms with Gasteiger partial charge in [0, 0.05) is 35.9 Å². The third-order valence-electron chi connectivity index (χ3n) is 3.59. The zero-order valence-electron chi connectivity index (χ0n) is 11.9. The van der Waals surface area contributed by atoms with Gasteiger partial charge in [0.15, 0.2) is 0 Å². The Balaban J connectivity index is 1.86. The molecule has 0 aliphatic carbocycles. The summed E-state index contributed by atoms with van der Waals surface area (Å²) in [5, 5.41) is 3.39. The molecule has 1 aromatic heterocycles. The quantitative estimate of drug-likeness (QED) is 0.879. The van der Waals surface area contributed by atoms with Gasteiger partial charge in [0.2, 0.25) is 0 Å². The summed E-state index contributed by atoms with van der Waals surface area (Å²) in [6.45, 7) is 12.7. The van der Waals surface area contributed by atoms with Crippen molar-refractivity contribution < 1.29 is 0 Å². The van der Waals surface area contributed by atoms with E-state index in [1.165, 1.54) is 29.3 Å². The lowest BCUT2D eigenvalue weighted by Crippen LogP contribution is -2.37. The topological polar surface area (TPSA) is 15.3 Å².